The van der Waals surface area contributed by atoms with Gasteiger partial charge in [-0.1, -0.05) is 31.5 Å². The van der Waals surface area contributed by atoms with Crippen LogP contribution < -0.4 is 0 Å². The number of esters is 1. The van der Waals surface area contributed by atoms with Crippen molar-refractivity contribution in [3.05, 3.63) is 0 Å². The van der Waals surface area contributed by atoms with E-state index in [0.717, 1.165) is 0 Å². The van der Waals surface area contributed by atoms with Crippen LogP contribution in [-0.4, -0.2) is 19.6 Å². The van der Waals surface area contributed by atoms with E-state index >= 15 is 0 Å². The molecule has 1 fully saturated rings. The van der Waals surface area contributed by atoms with Crippen molar-refractivity contribution in [1.29, 1.82) is 0 Å². The highest BCUT2D eigenvalue weighted by atomic mass is 19.4. The summed E-state index contributed by atoms with van der Waals surface area (Å²) < 4.78 is 42.2. The van der Waals surface area contributed by atoms with Crippen molar-refractivity contribution in [3.63, 3.8) is 0 Å². The van der Waals surface area contributed by atoms with Gasteiger partial charge in [-0.2, -0.15) is 0 Å². The van der Waals surface area contributed by atoms with Crippen LogP contribution in [0.15, 0.2) is 0 Å². The molecule has 0 N–H and O–H groups in total. The summed E-state index contributed by atoms with van der Waals surface area (Å²) in [5.74, 6) is -3.55. The molecule has 0 amide bonds. The molecule has 0 saturated heterocycles. The Balaban J connectivity index is 2.61. The summed E-state index contributed by atoms with van der Waals surface area (Å²) >= 11 is 0. The Morgan fingerprint density at radius 2 is 1.93 bits per heavy atom. The number of hydrogen-bond donors (Lipinski definition) is 0. The molecule has 1 saturated carbocycles. The molecule has 0 aromatic carbocycles. The molecule has 0 aromatic rings. The Kier molecular flexibility index (Phi) is 3.68. The first-order valence-corrected chi connectivity index (χ1v) is 5.30. The van der Waals surface area contributed by atoms with E-state index in [0.29, 0.717) is 12.8 Å². The third-order valence-corrected chi connectivity index (χ3v) is 2.85. The molecule has 0 aromatic heterocycles. The topological polar surface area (TPSA) is 26.3 Å². The van der Waals surface area contributed by atoms with Crippen LogP contribution in [0.5, 0.6) is 0 Å². The maximum absolute atomic E-state index is 12.5. The van der Waals surface area contributed by atoms with E-state index < -0.39 is 30.6 Å². The Hall–Kier alpha value is -0.675. The normalized spacial score (nSPS) is 30.1. The van der Waals surface area contributed by atoms with Crippen LogP contribution in [0.4, 0.5) is 12.9 Å². The molecule has 0 heterocycles. The SMILES string of the molecule is CCCC1C(C(=O)OCC)C1[B-](F)(F)F. The number of halogens is 3. The maximum Gasteiger partial charge on any atom is 0.482 e. The van der Waals surface area contributed by atoms with Crippen molar-refractivity contribution < 1.29 is 22.5 Å². The lowest BCUT2D eigenvalue weighted by atomic mass is 9.80. The van der Waals surface area contributed by atoms with Crippen LogP contribution in [0, 0.1) is 11.8 Å². The largest absolute Gasteiger partial charge is 0.482 e. The van der Waals surface area contributed by atoms with Gasteiger partial charge in [0.15, 0.2) is 0 Å². The predicted octanol–water partition coefficient (Wildman–Crippen LogP) is 2.81. The number of hydrogen-bond acceptors (Lipinski definition) is 2. The Bertz CT molecular complexity index is 242. The third-order valence-electron chi connectivity index (χ3n) is 2.85. The second kappa shape index (κ2) is 4.45. The second-order valence-electron chi connectivity index (χ2n) is 3.93. The molecule has 3 atom stereocenters. The highest BCUT2D eigenvalue weighted by Gasteiger charge is 2.62. The van der Waals surface area contributed by atoms with Gasteiger partial charge in [0.05, 0.1) is 6.61 Å². The number of ether oxygens (including phenoxy) is 1. The first-order valence-electron chi connectivity index (χ1n) is 5.30. The van der Waals surface area contributed by atoms with Crippen LogP contribution in [0.25, 0.3) is 0 Å². The molecule has 0 spiro atoms. The monoisotopic (exact) mass is 223 g/mol. The summed E-state index contributed by atoms with van der Waals surface area (Å²) in [6, 6.07) is 0. The fourth-order valence-electron chi connectivity index (χ4n) is 2.19. The molecule has 3 unspecified atom stereocenters. The molecule has 1 rings (SSSR count). The molecule has 15 heavy (non-hydrogen) atoms. The fourth-order valence-corrected chi connectivity index (χ4v) is 2.19. The van der Waals surface area contributed by atoms with Gasteiger partial charge in [-0.3, -0.25) is 4.79 Å². The average Bonchev–Trinajstić information content (AvgIpc) is 2.79. The van der Waals surface area contributed by atoms with E-state index in [2.05, 4.69) is 4.74 Å². The van der Waals surface area contributed by atoms with Crippen LogP contribution in [0.2, 0.25) is 5.82 Å². The Morgan fingerprint density at radius 1 is 1.33 bits per heavy atom. The fraction of sp³-hybridized carbons (Fsp3) is 0.889. The quantitative estimate of drug-likeness (QED) is 0.529. The summed E-state index contributed by atoms with van der Waals surface area (Å²) in [5, 5.41) is 0. The molecule has 0 aliphatic heterocycles. The molecule has 1 aliphatic carbocycles. The zero-order chi connectivity index (χ0) is 11.6. The minimum atomic E-state index is -4.90. The summed E-state index contributed by atoms with van der Waals surface area (Å²) in [4.78, 5) is 11.2. The maximum atomic E-state index is 12.5. The van der Waals surface area contributed by atoms with Gasteiger partial charge in [0.2, 0.25) is 0 Å². The molecule has 6 heteroatoms. The van der Waals surface area contributed by atoms with Gasteiger partial charge in [-0.15, -0.1) is 0 Å². The van der Waals surface area contributed by atoms with Crippen molar-refractivity contribution in [1.82, 2.24) is 0 Å². The number of carbonyl (C=O) groups excluding carboxylic acids is 1. The van der Waals surface area contributed by atoms with Crippen LogP contribution in [0.3, 0.4) is 0 Å². The van der Waals surface area contributed by atoms with Crippen molar-refractivity contribution in [2.75, 3.05) is 6.61 Å². The Morgan fingerprint density at radius 3 is 2.33 bits per heavy atom. The molecule has 2 nitrogen and oxygen atoms in total. The predicted molar refractivity (Wildman–Crippen MR) is 51.3 cm³/mol. The highest BCUT2D eigenvalue weighted by Crippen LogP contribution is 2.61. The lowest BCUT2D eigenvalue weighted by Gasteiger charge is -2.12. The van der Waals surface area contributed by atoms with Gasteiger partial charge in [0.1, 0.15) is 0 Å². The van der Waals surface area contributed by atoms with Crippen molar-refractivity contribution in [2.45, 2.75) is 32.5 Å². The van der Waals surface area contributed by atoms with Crippen molar-refractivity contribution in [3.8, 4) is 0 Å². The lowest BCUT2D eigenvalue weighted by molar-refractivity contribution is -0.145. The van der Waals surface area contributed by atoms with E-state index in [1.54, 1.807) is 6.92 Å². The Labute approximate surface area is 87.2 Å². The molecule has 0 bridgehead atoms. The summed E-state index contributed by atoms with van der Waals surface area (Å²) in [5.41, 5.74) is 0. The highest BCUT2D eigenvalue weighted by molar-refractivity contribution is 6.62. The van der Waals surface area contributed by atoms with Crippen LogP contribution >= 0.6 is 0 Å². The molecule has 88 valence electrons. The number of rotatable bonds is 5. The van der Waals surface area contributed by atoms with E-state index in [1.807, 2.05) is 6.92 Å². The minimum Gasteiger partial charge on any atom is -0.466 e. The summed E-state index contributed by atoms with van der Waals surface area (Å²) in [7, 11) is 0. The lowest BCUT2D eigenvalue weighted by Crippen LogP contribution is -2.19. The number of carbonyl (C=O) groups is 1. The summed E-state index contributed by atoms with van der Waals surface area (Å²) in [6.45, 7) is -1.34. The minimum absolute atomic E-state index is 0.145. The zero-order valence-electron chi connectivity index (χ0n) is 8.88. The van der Waals surface area contributed by atoms with Gasteiger partial charge in [0, 0.05) is 5.92 Å². The first kappa shape index (κ1) is 12.4. The van der Waals surface area contributed by atoms with E-state index in [1.165, 1.54) is 0 Å². The van der Waals surface area contributed by atoms with Crippen LogP contribution in [-0.2, 0) is 9.53 Å². The van der Waals surface area contributed by atoms with Gasteiger partial charge in [-0.25, -0.2) is 0 Å². The van der Waals surface area contributed by atoms with E-state index in [9.17, 15) is 17.7 Å². The second-order valence-corrected chi connectivity index (χ2v) is 3.93. The smallest absolute Gasteiger partial charge is 0.466 e. The molecular formula is C9H15BF3O2-. The van der Waals surface area contributed by atoms with Crippen LogP contribution in [0.1, 0.15) is 26.7 Å². The zero-order valence-corrected chi connectivity index (χ0v) is 8.88. The molecule has 0 radical (unpaired) electrons. The molecular weight excluding hydrogens is 208 g/mol. The third kappa shape index (κ3) is 2.66. The van der Waals surface area contributed by atoms with Crippen molar-refractivity contribution in [2.24, 2.45) is 11.8 Å². The average molecular weight is 223 g/mol. The van der Waals surface area contributed by atoms with E-state index in [-0.39, 0.29) is 6.61 Å². The summed E-state index contributed by atoms with van der Waals surface area (Å²) in [6.07, 6.45) is 1.12. The van der Waals surface area contributed by atoms with Crippen molar-refractivity contribution >= 4 is 12.9 Å². The van der Waals surface area contributed by atoms with Gasteiger partial charge in [0.25, 0.3) is 0 Å². The molecule has 1 aliphatic rings. The van der Waals surface area contributed by atoms with Gasteiger partial charge in [-0.05, 0) is 6.92 Å². The van der Waals surface area contributed by atoms with E-state index in [4.69, 9.17) is 0 Å². The van der Waals surface area contributed by atoms with Gasteiger partial charge >= 0.3 is 12.9 Å². The first-order chi connectivity index (χ1) is 6.93. The van der Waals surface area contributed by atoms with Gasteiger partial charge < -0.3 is 17.7 Å². The standard InChI is InChI=1S/C9H15BF3O2/c1-3-5-6-7(9(14)15-4-2)8(6)10(11,12)13/h6-8H,3-5H2,1-2H3/q-1.